The van der Waals surface area contributed by atoms with E-state index in [4.69, 9.17) is 27.9 Å². The molecule has 2 aromatic rings. The third-order valence-corrected chi connectivity index (χ3v) is 7.47. The Morgan fingerprint density at radius 2 is 1.74 bits per heavy atom. The molecule has 1 fully saturated rings. The maximum atomic E-state index is 13.6. The van der Waals surface area contributed by atoms with Crippen LogP contribution in [0.4, 0.5) is 10.5 Å². The molecule has 1 aliphatic rings. The first-order valence-corrected chi connectivity index (χ1v) is 12.0. The number of nitrogens with zero attached hydrogens (tertiary/aromatic N) is 2. The number of aliphatic hydroxyl groups excluding tert-OH is 1. The van der Waals surface area contributed by atoms with Crippen LogP contribution in [0.1, 0.15) is 25.3 Å². The van der Waals surface area contributed by atoms with Gasteiger partial charge in [-0.3, -0.25) is 4.31 Å². The average Bonchev–Trinajstić information content (AvgIpc) is 3.27. The van der Waals surface area contributed by atoms with Crippen molar-refractivity contribution >= 4 is 45.0 Å². The highest BCUT2D eigenvalue weighted by atomic mass is 35.5. The van der Waals surface area contributed by atoms with E-state index in [0.29, 0.717) is 28.7 Å². The van der Waals surface area contributed by atoms with Gasteiger partial charge in [0, 0.05) is 28.7 Å². The van der Waals surface area contributed by atoms with Gasteiger partial charge < -0.3 is 14.7 Å². The van der Waals surface area contributed by atoms with Crippen LogP contribution in [0.25, 0.3) is 0 Å². The van der Waals surface area contributed by atoms with Gasteiger partial charge in [0.15, 0.2) is 0 Å². The number of hydrogen-bond donors (Lipinski definition) is 1. The maximum absolute atomic E-state index is 13.6. The second kappa shape index (κ2) is 10.1. The van der Waals surface area contributed by atoms with Crippen molar-refractivity contribution < 1.29 is 23.1 Å². The molecule has 168 valence electrons. The molecule has 1 N–H and O–H groups in total. The number of sulfonamides is 1. The van der Waals surface area contributed by atoms with Crippen molar-refractivity contribution in [3.05, 3.63) is 58.1 Å². The van der Waals surface area contributed by atoms with Crippen LogP contribution in [0.2, 0.25) is 10.0 Å². The molecule has 1 heterocycles. The molecule has 7 nitrogen and oxygen atoms in total. The number of rotatable bonds is 7. The fourth-order valence-electron chi connectivity index (χ4n) is 3.45. The molecule has 1 amide bonds. The van der Waals surface area contributed by atoms with Gasteiger partial charge in [0.1, 0.15) is 6.61 Å². The van der Waals surface area contributed by atoms with Gasteiger partial charge in [-0.2, -0.15) is 0 Å². The largest absolute Gasteiger partial charge is 0.447 e. The Hall–Kier alpha value is -2.00. The number of likely N-dealkylation sites (tertiary alicyclic amines) is 1. The van der Waals surface area contributed by atoms with Gasteiger partial charge >= 0.3 is 6.09 Å². The third kappa shape index (κ3) is 5.44. The van der Waals surface area contributed by atoms with Crippen LogP contribution >= 0.6 is 23.2 Å². The molecular formula is C21H24Cl2N2O5S. The van der Waals surface area contributed by atoms with Gasteiger partial charge in [-0.15, -0.1) is 0 Å². The van der Waals surface area contributed by atoms with Crippen LogP contribution < -0.4 is 4.31 Å². The summed E-state index contributed by atoms with van der Waals surface area (Å²) >= 11 is 12.1. The lowest BCUT2D eigenvalue weighted by atomic mass is 10.1. The first kappa shape index (κ1) is 23.7. The van der Waals surface area contributed by atoms with Crippen LogP contribution in [-0.4, -0.2) is 50.3 Å². The highest BCUT2D eigenvalue weighted by Crippen LogP contribution is 2.32. The van der Waals surface area contributed by atoms with E-state index in [2.05, 4.69) is 0 Å². The summed E-state index contributed by atoms with van der Waals surface area (Å²) in [5, 5.41) is 10.5. The van der Waals surface area contributed by atoms with E-state index < -0.39 is 22.2 Å². The quantitative estimate of drug-likeness (QED) is 0.629. The number of carbonyl (C=O) groups excluding carboxylic acids is 1. The first-order valence-electron chi connectivity index (χ1n) is 9.85. The SMILES string of the molecule is C[C@H](COC(=O)N1CCCC1)N(c1cc(Cl)ccc1CO)S(=O)(=O)c1ccc(Cl)cc1. The number of carbonyl (C=O) groups is 1. The Morgan fingerprint density at radius 3 is 2.35 bits per heavy atom. The summed E-state index contributed by atoms with van der Waals surface area (Å²) in [5.74, 6) is 0. The topological polar surface area (TPSA) is 87.2 Å². The lowest BCUT2D eigenvalue weighted by Gasteiger charge is -2.32. The minimum atomic E-state index is -4.09. The second-order valence-electron chi connectivity index (χ2n) is 7.31. The molecule has 0 spiro atoms. The number of anilines is 1. The molecule has 31 heavy (non-hydrogen) atoms. The Kier molecular flexibility index (Phi) is 7.69. The molecule has 0 saturated carbocycles. The molecule has 10 heteroatoms. The van der Waals surface area contributed by atoms with E-state index in [0.717, 1.165) is 17.1 Å². The molecule has 0 aromatic heterocycles. The van der Waals surface area contributed by atoms with E-state index in [1.54, 1.807) is 24.0 Å². The number of halogens is 2. The Balaban J connectivity index is 1.97. The van der Waals surface area contributed by atoms with E-state index in [9.17, 15) is 18.3 Å². The van der Waals surface area contributed by atoms with Crippen molar-refractivity contribution in [2.24, 2.45) is 0 Å². The highest BCUT2D eigenvalue weighted by molar-refractivity contribution is 7.92. The molecule has 1 saturated heterocycles. The summed E-state index contributed by atoms with van der Waals surface area (Å²) < 4.78 is 33.7. The fraction of sp³-hybridized carbons (Fsp3) is 0.381. The first-order chi connectivity index (χ1) is 14.7. The smallest absolute Gasteiger partial charge is 0.409 e. The number of aliphatic hydroxyl groups is 1. The van der Waals surface area contributed by atoms with Crippen molar-refractivity contribution in [1.29, 1.82) is 0 Å². The summed E-state index contributed by atoms with van der Waals surface area (Å²) in [6.45, 7) is 2.33. The number of hydrogen-bond acceptors (Lipinski definition) is 5. The van der Waals surface area contributed by atoms with Gasteiger partial charge in [0.2, 0.25) is 0 Å². The molecule has 3 rings (SSSR count). The monoisotopic (exact) mass is 486 g/mol. The molecule has 0 bridgehead atoms. The zero-order chi connectivity index (χ0) is 22.6. The molecule has 0 aliphatic carbocycles. The minimum absolute atomic E-state index is 0.0125. The van der Waals surface area contributed by atoms with Crippen LogP contribution in [0, 0.1) is 0 Å². The molecular weight excluding hydrogens is 463 g/mol. The van der Waals surface area contributed by atoms with Gasteiger partial charge in [0.05, 0.1) is 23.2 Å². The Bertz CT molecular complexity index is 1020. The summed E-state index contributed by atoms with van der Waals surface area (Å²) in [6.07, 6.45) is 1.37. The van der Waals surface area contributed by atoms with E-state index in [1.165, 1.54) is 30.3 Å². The van der Waals surface area contributed by atoms with E-state index in [-0.39, 0.29) is 23.8 Å². The summed E-state index contributed by atoms with van der Waals surface area (Å²) in [7, 11) is -4.09. The lowest BCUT2D eigenvalue weighted by Crippen LogP contribution is -2.43. The Morgan fingerprint density at radius 1 is 1.13 bits per heavy atom. The van der Waals surface area contributed by atoms with Gasteiger partial charge in [-0.1, -0.05) is 29.3 Å². The lowest BCUT2D eigenvalue weighted by molar-refractivity contribution is 0.107. The molecule has 2 aromatic carbocycles. The Labute approximate surface area is 192 Å². The van der Waals surface area contributed by atoms with Crippen LogP contribution in [0.3, 0.4) is 0 Å². The van der Waals surface area contributed by atoms with Crippen LogP contribution in [0.5, 0.6) is 0 Å². The number of benzene rings is 2. The standard InChI is InChI=1S/C21H24Cl2N2O5S/c1-15(14-30-21(27)24-10-2-3-11-24)25(20-12-18(23)5-4-16(20)13-26)31(28,29)19-8-6-17(22)7-9-19/h4-9,12,15,26H,2-3,10-11,13-14H2,1H3/t15-/m1/s1. The van der Waals surface area contributed by atoms with Crippen LogP contribution in [-0.2, 0) is 21.4 Å². The minimum Gasteiger partial charge on any atom is -0.447 e. The average molecular weight is 487 g/mol. The molecule has 1 aliphatic heterocycles. The highest BCUT2D eigenvalue weighted by Gasteiger charge is 2.32. The number of amides is 1. The predicted octanol–water partition coefficient (Wildman–Crippen LogP) is 4.30. The zero-order valence-corrected chi connectivity index (χ0v) is 19.3. The van der Waals surface area contributed by atoms with E-state index in [1.807, 2.05) is 0 Å². The molecule has 1 atom stereocenters. The summed E-state index contributed by atoms with van der Waals surface area (Å²) in [4.78, 5) is 13.9. The van der Waals surface area contributed by atoms with Gasteiger partial charge in [0.25, 0.3) is 10.0 Å². The normalized spacial score (nSPS) is 15.0. The third-order valence-electron chi connectivity index (χ3n) is 5.04. The van der Waals surface area contributed by atoms with Crippen molar-refractivity contribution in [3.63, 3.8) is 0 Å². The van der Waals surface area contributed by atoms with Crippen molar-refractivity contribution in [2.45, 2.75) is 37.3 Å². The fourth-order valence-corrected chi connectivity index (χ4v) is 5.41. The van der Waals surface area contributed by atoms with Gasteiger partial charge in [-0.25, -0.2) is 13.2 Å². The number of ether oxygens (including phenoxy) is 1. The molecule has 0 unspecified atom stereocenters. The second-order valence-corrected chi connectivity index (χ2v) is 9.99. The zero-order valence-electron chi connectivity index (χ0n) is 17.0. The maximum Gasteiger partial charge on any atom is 0.409 e. The van der Waals surface area contributed by atoms with Crippen LogP contribution in [0.15, 0.2) is 47.4 Å². The summed E-state index contributed by atoms with van der Waals surface area (Å²) in [5.41, 5.74) is 0.592. The van der Waals surface area contributed by atoms with Gasteiger partial charge in [-0.05, 0) is 56.2 Å². The predicted molar refractivity (Wildman–Crippen MR) is 120 cm³/mol. The van der Waals surface area contributed by atoms with Crippen molar-refractivity contribution in [2.75, 3.05) is 24.0 Å². The van der Waals surface area contributed by atoms with Crippen molar-refractivity contribution in [3.8, 4) is 0 Å². The van der Waals surface area contributed by atoms with E-state index >= 15 is 0 Å². The van der Waals surface area contributed by atoms with Crippen molar-refractivity contribution in [1.82, 2.24) is 4.90 Å². The summed E-state index contributed by atoms with van der Waals surface area (Å²) in [6, 6.07) is 9.60. The molecule has 0 radical (unpaired) electrons.